The Kier molecular flexibility index (Phi) is 7.55. The molecule has 5 heteroatoms. The molecule has 1 amide bonds. The molecule has 0 aliphatic heterocycles. The number of carbonyl (C=O) groups excluding carboxylic acids is 1. The molecule has 0 saturated heterocycles. The minimum Gasteiger partial charge on any atom is -0.379 e. The summed E-state index contributed by atoms with van der Waals surface area (Å²) in [6.07, 6.45) is 2.86. The van der Waals surface area contributed by atoms with Crippen LogP contribution in [0.25, 0.3) is 0 Å². The van der Waals surface area contributed by atoms with E-state index in [0.717, 1.165) is 31.6 Å². The van der Waals surface area contributed by atoms with Gasteiger partial charge < -0.3 is 10.1 Å². The molecule has 112 valence electrons. The maximum absolute atomic E-state index is 12.0. The maximum Gasteiger partial charge on any atom is 0.251 e. The third kappa shape index (κ3) is 6.35. The molecule has 4 nitrogen and oxygen atoms in total. The molecule has 0 spiro atoms. The van der Waals surface area contributed by atoms with Crippen LogP contribution in [0, 0.1) is 0 Å². The number of nitrogens with zero attached hydrogens (tertiary/aromatic N) is 1. The first-order chi connectivity index (χ1) is 9.52. The van der Waals surface area contributed by atoms with Gasteiger partial charge in [0.1, 0.15) is 5.15 Å². The summed E-state index contributed by atoms with van der Waals surface area (Å²) in [6.45, 7) is 7.38. The second-order valence-electron chi connectivity index (χ2n) is 4.91. The number of amides is 1. The average molecular weight is 299 g/mol. The molecule has 1 N–H and O–H groups in total. The summed E-state index contributed by atoms with van der Waals surface area (Å²) < 4.78 is 5.44. The lowest BCUT2D eigenvalue weighted by Gasteiger charge is -2.08. The summed E-state index contributed by atoms with van der Waals surface area (Å²) in [7, 11) is 0. The van der Waals surface area contributed by atoms with Crippen molar-refractivity contribution in [2.45, 2.75) is 46.1 Å². The summed E-state index contributed by atoms with van der Waals surface area (Å²) in [5.74, 6) is -0.103. The van der Waals surface area contributed by atoms with E-state index in [2.05, 4.69) is 10.3 Å². The molecule has 0 bridgehead atoms. The fourth-order valence-electron chi connectivity index (χ4n) is 1.71. The van der Waals surface area contributed by atoms with Gasteiger partial charge >= 0.3 is 0 Å². The molecule has 1 aromatic rings. The highest BCUT2D eigenvalue weighted by molar-refractivity contribution is 6.29. The molecular formula is C15H23ClN2O2. The fourth-order valence-corrected chi connectivity index (χ4v) is 1.94. The highest BCUT2D eigenvalue weighted by atomic mass is 35.5. The van der Waals surface area contributed by atoms with Crippen LogP contribution in [0.1, 0.15) is 49.7 Å². The molecule has 0 unspecified atom stereocenters. The molecule has 20 heavy (non-hydrogen) atoms. The second kappa shape index (κ2) is 8.93. The largest absolute Gasteiger partial charge is 0.379 e. The van der Waals surface area contributed by atoms with Gasteiger partial charge in [-0.3, -0.25) is 4.79 Å². The third-order valence-corrected chi connectivity index (χ3v) is 2.97. The van der Waals surface area contributed by atoms with Crippen molar-refractivity contribution < 1.29 is 9.53 Å². The van der Waals surface area contributed by atoms with Crippen LogP contribution in [-0.2, 0) is 11.2 Å². The molecular weight excluding hydrogens is 276 g/mol. The van der Waals surface area contributed by atoms with Gasteiger partial charge in [-0.05, 0) is 45.2 Å². The zero-order valence-corrected chi connectivity index (χ0v) is 13.2. The van der Waals surface area contributed by atoms with E-state index >= 15 is 0 Å². The minimum absolute atomic E-state index is 0.103. The number of nitrogens with one attached hydrogen (secondary N) is 1. The minimum atomic E-state index is -0.103. The van der Waals surface area contributed by atoms with Crippen molar-refractivity contribution in [3.63, 3.8) is 0 Å². The summed E-state index contributed by atoms with van der Waals surface area (Å²) in [4.78, 5) is 16.1. The Bertz CT molecular complexity index is 436. The summed E-state index contributed by atoms with van der Waals surface area (Å²) in [6, 6.07) is 3.38. The van der Waals surface area contributed by atoms with E-state index in [9.17, 15) is 4.79 Å². The van der Waals surface area contributed by atoms with Crippen LogP contribution in [0.5, 0.6) is 0 Å². The van der Waals surface area contributed by atoms with E-state index in [1.54, 1.807) is 12.1 Å². The number of hydrogen-bond donors (Lipinski definition) is 1. The number of aryl methyl sites for hydroxylation is 1. The van der Waals surface area contributed by atoms with Crippen molar-refractivity contribution in [3.8, 4) is 0 Å². The van der Waals surface area contributed by atoms with Crippen LogP contribution in [0.3, 0.4) is 0 Å². The third-order valence-electron chi connectivity index (χ3n) is 2.78. The fraction of sp³-hybridized carbons (Fsp3) is 0.600. The van der Waals surface area contributed by atoms with Crippen molar-refractivity contribution in [3.05, 3.63) is 28.5 Å². The van der Waals surface area contributed by atoms with Crippen LogP contribution >= 0.6 is 11.6 Å². The number of halogens is 1. The van der Waals surface area contributed by atoms with E-state index in [1.807, 2.05) is 20.8 Å². The molecule has 1 heterocycles. The molecule has 0 aromatic carbocycles. The average Bonchev–Trinajstić information content (AvgIpc) is 2.41. The zero-order chi connectivity index (χ0) is 15.0. The van der Waals surface area contributed by atoms with Gasteiger partial charge in [-0.25, -0.2) is 4.98 Å². The van der Waals surface area contributed by atoms with Gasteiger partial charge in [0, 0.05) is 24.4 Å². The Balaban J connectivity index is 2.34. The quantitative estimate of drug-likeness (QED) is 0.592. The van der Waals surface area contributed by atoms with Crippen LogP contribution in [0.4, 0.5) is 0 Å². The van der Waals surface area contributed by atoms with Gasteiger partial charge in [0.15, 0.2) is 0 Å². The Morgan fingerprint density at radius 2 is 2.15 bits per heavy atom. The van der Waals surface area contributed by atoms with Crippen molar-refractivity contribution in [1.29, 1.82) is 0 Å². The van der Waals surface area contributed by atoms with Gasteiger partial charge in [0.2, 0.25) is 0 Å². The molecule has 0 aliphatic rings. The SMILES string of the molecule is CCc1cc(C(=O)NCCCCOC(C)C)cc(Cl)n1. The maximum atomic E-state index is 12.0. The number of hydrogen-bond acceptors (Lipinski definition) is 3. The van der Waals surface area contributed by atoms with Crippen molar-refractivity contribution in [1.82, 2.24) is 10.3 Å². The topological polar surface area (TPSA) is 51.2 Å². The normalized spacial score (nSPS) is 10.8. The Morgan fingerprint density at radius 3 is 2.80 bits per heavy atom. The lowest BCUT2D eigenvalue weighted by Crippen LogP contribution is -2.25. The van der Waals surface area contributed by atoms with E-state index in [1.165, 1.54) is 0 Å². The first-order valence-electron chi connectivity index (χ1n) is 7.09. The standard InChI is InChI=1S/C15H23ClN2O2/c1-4-13-9-12(10-14(16)18-13)15(19)17-7-5-6-8-20-11(2)3/h9-11H,4-8H2,1-3H3,(H,17,19). The molecule has 0 radical (unpaired) electrons. The predicted molar refractivity (Wildman–Crippen MR) is 81.3 cm³/mol. The van der Waals surface area contributed by atoms with Crippen LogP contribution in [-0.4, -0.2) is 30.1 Å². The molecule has 0 aliphatic carbocycles. The number of ether oxygens (including phenoxy) is 1. The first-order valence-corrected chi connectivity index (χ1v) is 7.47. The Morgan fingerprint density at radius 1 is 1.40 bits per heavy atom. The van der Waals surface area contributed by atoms with Crippen molar-refractivity contribution >= 4 is 17.5 Å². The lowest BCUT2D eigenvalue weighted by molar-refractivity contribution is 0.0754. The molecule has 0 saturated carbocycles. The van der Waals surface area contributed by atoms with Gasteiger partial charge in [-0.1, -0.05) is 18.5 Å². The molecule has 1 rings (SSSR count). The molecule has 0 atom stereocenters. The Labute approximate surface area is 125 Å². The summed E-state index contributed by atoms with van der Waals surface area (Å²) in [5, 5.41) is 3.25. The number of unbranched alkanes of at least 4 members (excludes halogenated alkanes) is 1. The first kappa shape index (κ1) is 16.9. The summed E-state index contributed by atoms with van der Waals surface area (Å²) >= 11 is 5.90. The number of aromatic nitrogens is 1. The van der Waals surface area contributed by atoms with E-state index < -0.39 is 0 Å². The zero-order valence-electron chi connectivity index (χ0n) is 12.4. The number of pyridine rings is 1. The number of rotatable bonds is 8. The van der Waals surface area contributed by atoms with Crippen molar-refractivity contribution in [2.24, 2.45) is 0 Å². The van der Waals surface area contributed by atoms with Gasteiger partial charge in [0.05, 0.1) is 6.10 Å². The number of carbonyl (C=O) groups is 1. The second-order valence-corrected chi connectivity index (χ2v) is 5.29. The van der Waals surface area contributed by atoms with Gasteiger partial charge in [-0.15, -0.1) is 0 Å². The van der Waals surface area contributed by atoms with Gasteiger partial charge in [-0.2, -0.15) is 0 Å². The van der Waals surface area contributed by atoms with Gasteiger partial charge in [0.25, 0.3) is 5.91 Å². The van der Waals surface area contributed by atoms with E-state index in [0.29, 0.717) is 17.3 Å². The monoisotopic (exact) mass is 298 g/mol. The smallest absolute Gasteiger partial charge is 0.251 e. The summed E-state index contributed by atoms with van der Waals surface area (Å²) in [5.41, 5.74) is 1.40. The Hall–Kier alpha value is -1.13. The predicted octanol–water partition coefficient (Wildman–Crippen LogP) is 3.23. The molecule has 1 aromatic heterocycles. The lowest BCUT2D eigenvalue weighted by atomic mass is 10.2. The van der Waals surface area contributed by atoms with Crippen LogP contribution in [0.15, 0.2) is 12.1 Å². The van der Waals surface area contributed by atoms with Crippen LogP contribution < -0.4 is 5.32 Å². The highest BCUT2D eigenvalue weighted by Gasteiger charge is 2.08. The molecule has 0 fully saturated rings. The van der Waals surface area contributed by atoms with E-state index in [-0.39, 0.29) is 12.0 Å². The van der Waals surface area contributed by atoms with Crippen LogP contribution in [0.2, 0.25) is 5.15 Å². The van der Waals surface area contributed by atoms with E-state index in [4.69, 9.17) is 16.3 Å². The van der Waals surface area contributed by atoms with Crippen molar-refractivity contribution in [2.75, 3.05) is 13.2 Å². The highest BCUT2D eigenvalue weighted by Crippen LogP contribution is 2.11.